The van der Waals surface area contributed by atoms with Crippen LogP contribution >= 0.6 is 22.9 Å². The van der Waals surface area contributed by atoms with Crippen LogP contribution in [0.15, 0.2) is 29.6 Å². The summed E-state index contributed by atoms with van der Waals surface area (Å²) in [5, 5.41) is 5.21. The number of nitrogens with one attached hydrogen (secondary N) is 1. The third-order valence-corrected chi connectivity index (χ3v) is 3.20. The Bertz CT molecular complexity index is 592. The molecule has 4 nitrogen and oxygen atoms in total. The molecule has 0 saturated heterocycles. The van der Waals surface area contributed by atoms with Crippen LogP contribution < -0.4 is 5.32 Å². The van der Waals surface area contributed by atoms with E-state index in [4.69, 9.17) is 11.6 Å². The van der Waals surface area contributed by atoms with Crippen LogP contribution in [0, 0.1) is 0 Å². The monoisotopic (exact) mass is 280 g/mol. The van der Waals surface area contributed by atoms with E-state index < -0.39 is 0 Å². The molecule has 6 heteroatoms. The lowest BCUT2D eigenvalue weighted by molar-refractivity contribution is 0.100. The SMILES string of the molecule is CC(=O)c1csc(NC(=O)c2ccc(Cl)cc2)n1. The van der Waals surface area contributed by atoms with E-state index in [0.29, 0.717) is 21.4 Å². The van der Waals surface area contributed by atoms with Gasteiger partial charge < -0.3 is 0 Å². The van der Waals surface area contributed by atoms with Crippen LogP contribution in [0.1, 0.15) is 27.8 Å². The predicted octanol–water partition coefficient (Wildman–Crippen LogP) is 3.25. The van der Waals surface area contributed by atoms with E-state index in [2.05, 4.69) is 10.3 Å². The number of aromatic nitrogens is 1. The highest BCUT2D eigenvalue weighted by molar-refractivity contribution is 7.14. The number of hydrogen-bond acceptors (Lipinski definition) is 4. The Morgan fingerprint density at radius 1 is 1.28 bits per heavy atom. The molecule has 2 aromatic rings. The third kappa shape index (κ3) is 2.94. The molecule has 1 aromatic carbocycles. The largest absolute Gasteiger partial charge is 0.298 e. The van der Waals surface area contributed by atoms with Crippen molar-refractivity contribution in [3.05, 3.63) is 45.9 Å². The molecule has 18 heavy (non-hydrogen) atoms. The summed E-state index contributed by atoms with van der Waals surface area (Å²) in [5.41, 5.74) is 0.838. The minimum atomic E-state index is -0.281. The average Bonchev–Trinajstić information content (AvgIpc) is 2.78. The van der Waals surface area contributed by atoms with Gasteiger partial charge in [-0.15, -0.1) is 11.3 Å². The average molecular weight is 281 g/mol. The first-order valence-corrected chi connectivity index (χ1v) is 6.35. The molecule has 1 amide bonds. The van der Waals surface area contributed by atoms with Gasteiger partial charge in [-0.25, -0.2) is 4.98 Å². The van der Waals surface area contributed by atoms with Crippen molar-refractivity contribution in [1.29, 1.82) is 0 Å². The number of rotatable bonds is 3. The lowest BCUT2D eigenvalue weighted by atomic mass is 10.2. The van der Waals surface area contributed by atoms with Crippen molar-refractivity contribution in [3.63, 3.8) is 0 Å². The molecule has 1 N–H and O–H groups in total. The first-order chi connectivity index (χ1) is 8.56. The molecule has 1 aromatic heterocycles. The zero-order chi connectivity index (χ0) is 13.1. The van der Waals surface area contributed by atoms with Gasteiger partial charge in [-0.3, -0.25) is 14.9 Å². The zero-order valence-corrected chi connectivity index (χ0v) is 11.0. The van der Waals surface area contributed by atoms with Crippen molar-refractivity contribution in [2.75, 3.05) is 5.32 Å². The molecule has 1 heterocycles. The topological polar surface area (TPSA) is 59.1 Å². The highest BCUT2D eigenvalue weighted by Gasteiger charge is 2.10. The van der Waals surface area contributed by atoms with Crippen LogP contribution in [-0.2, 0) is 0 Å². The molecule has 92 valence electrons. The Kier molecular flexibility index (Phi) is 3.74. The fourth-order valence-electron chi connectivity index (χ4n) is 1.26. The molecule has 0 fully saturated rings. The summed E-state index contributed by atoms with van der Waals surface area (Å²) in [6.45, 7) is 1.43. The second-order valence-corrected chi connectivity index (χ2v) is 4.85. The fourth-order valence-corrected chi connectivity index (χ4v) is 2.13. The summed E-state index contributed by atoms with van der Waals surface area (Å²) >= 11 is 6.95. The minimum Gasteiger partial charge on any atom is -0.298 e. The molecule has 0 spiro atoms. The molecule has 0 aliphatic heterocycles. The minimum absolute atomic E-state index is 0.127. The molecular formula is C12H9ClN2O2S. The highest BCUT2D eigenvalue weighted by atomic mass is 35.5. The molecule has 0 saturated carbocycles. The van der Waals surface area contributed by atoms with Crippen LogP contribution in [0.5, 0.6) is 0 Å². The van der Waals surface area contributed by atoms with Crippen molar-refractivity contribution >= 4 is 39.8 Å². The third-order valence-electron chi connectivity index (χ3n) is 2.19. The summed E-state index contributed by atoms with van der Waals surface area (Å²) in [6.07, 6.45) is 0. The van der Waals surface area contributed by atoms with E-state index >= 15 is 0 Å². The normalized spacial score (nSPS) is 10.1. The predicted molar refractivity (Wildman–Crippen MR) is 71.5 cm³/mol. The quantitative estimate of drug-likeness (QED) is 0.878. The molecule has 0 bridgehead atoms. The van der Waals surface area contributed by atoms with E-state index in [9.17, 15) is 9.59 Å². The zero-order valence-electron chi connectivity index (χ0n) is 9.44. The number of carbonyl (C=O) groups excluding carboxylic acids is 2. The second-order valence-electron chi connectivity index (χ2n) is 3.56. The van der Waals surface area contributed by atoms with Gasteiger partial charge in [0.05, 0.1) is 0 Å². The number of amides is 1. The van der Waals surface area contributed by atoms with Crippen LogP contribution in [0.25, 0.3) is 0 Å². The number of benzene rings is 1. The van der Waals surface area contributed by atoms with Gasteiger partial charge in [0.15, 0.2) is 10.9 Å². The van der Waals surface area contributed by atoms with Gasteiger partial charge in [-0.1, -0.05) is 11.6 Å². The van der Waals surface area contributed by atoms with Gasteiger partial charge in [0.25, 0.3) is 5.91 Å². The van der Waals surface area contributed by atoms with Crippen molar-refractivity contribution in [1.82, 2.24) is 4.98 Å². The van der Waals surface area contributed by atoms with Crippen LogP contribution in [0.4, 0.5) is 5.13 Å². The van der Waals surface area contributed by atoms with Gasteiger partial charge in [-0.2, -0.15) is 0 Å². The maximum atomic E-state index is 11.8. The van der Waals surface area contributed by atoms with Gasteiger partial charge in [0.2, 0.25) is 0 Å². The van der Waals surface area contributed by atoms with Crippen molar-refractivity contribution in [3.8, 4) is 0 Å². The maximum Gasteiger partial charge on any atom is 0.257 e. The number of halogens is 1. The number of anilines is 1. The van der Waals surface area contributed by atoms with E-state index in [1.807, 2.05) is 0 Å². The van der Waals surface area contributed by atoms with Gasteiger partial charge in [-0.05, 0) is 24.3 Å². The summed E-state index contributed by atoms with van der Waals surface area (Å²) in [4.78, 5) is 26.9. The first-order valence-electron chi connectivity index (χ1n) is 5.09. The summed E-state index contributed by atoms with van der Waals surface area (Å²) < 4.78 is 0. The first kappa shape index (κ1) is 12.7. The van der Waals surface area contributed by atoms with Crippen LogP contribution in [-0.4, -0.2) is 16.7 Å². The molecule has 0 radical (unpaired) electrons. The van der Waals surface area contributed by atoms with Crippen LogP contribution in [0.2, 0.25) is 5.02 Å². The number of nitrogens with zero attached hydrogens (tertiary/aromatic N) is 1. The summed E-state index contributed by atoms with van der Waals surface area (Å²) in [5.74, 6) is -0.408. The molecule has 0 unspecified atom stereocenters. The maximum absolute atomic E-state index is 11.8. The lowest BCUT2D eigenvalue weighted by Crippen LogP contribution is -2.11. The Morgan fingerprint density at radius 3 is 2.50 bits per heavy atom. The lowest BCUT2D eigenvalue weighted by Gasteiger charge is -2.01. The van der Waals surface area contributed by atoms with Crippen molar-refractivity contribution in [2.45, 2.75) is 6.92 Å². The van der Waals surface area contributed by atoms with Gasteiger partial charge in [0.1, 0.15) is 5.69 Å². The van der Waals surface area contributed by atoms with Crippen molar-refractivity contribution in [2.24, 2.45) is 0 Å². The number of carbonyl (C=O) groups is 2. The van der Waals surface area contributed by atoms with E-state index in [-0.39, 0.29) is 11.7 Å². The van der Waals surface area contributed by atoms with Gasteiger partial charge in [0, 0.05) is 22.9 Å². The number of thiazole rings is 1. The smallest absolute Gasteiger partial charge is 0.257 e. The fraction of sp³-hybridized carbons (Fsp3) is 0.0833. The Labute approximate surface area is 113 Å². The molecule has 2 rings (SSSR count). The van der Waals surface area contributed by atoms with Crippen LogP contribution in [0.3, 0.4) is 0 Å². The molecule has 0 aliphatic carbocycles. The number of ketones is 1. The van der Waals surface area contributed by atoms with E-state index in [1.165, 1.54) is 18.3 Å². The van der Waals surface area contributed by atoms with E-state index in [1.54, 1.807) is 29.6 Å². The van der Waals surface area contributed by atoms with Gasteiger partial charge >= 0.3 is 0 Å². The Hall–Kier alpha value is -1.72. The summed E-state index contributed by atoms with van der Waals surface area (Å²) in [7, 11) is 0. The molecule has 0 atom stereocenters. The Morgan fingerprint density at radius 2 is 1.94 bits per heavy atom. The highest BCUT2D eigenvalue weighted by Crippen LogP contribution is 2.17. The molecular weight excluding hydrogens is 272 g/mol. The van der Waals surface area contributed by atoms with E-state index in [0.717, 1.165) is 0 Å². The number of hydrogen-bond donors (Lipinski definition) is 1. The summed E-state index contributed by atoms with van der Waals surface area (Å²) in [6, 6.07) is 6.52. The van der Waals surface area contributed by atoms with Crippen molar-refractivity contribution < 1.29 is 9.59 Å². The Balaban J connectivity index is 2.11. The standard InChI is InChI=1S/C12H9ClN2O2S/c1-7(16)10-6-18-12(14-10)15-11(17)8-2-4-9(13)5-3-8/h2-6H,1H3,(H,14,15,17). The second kappa shape index (κ2) is 5.29. The number of Topliss-reactive ketones (excluding diaryl/α,β-unsaturated/α-hetero) is 1. The molecule has 0 aliphatic rings.